The van der Waals surface area contributed by atoms with Gasteiger partial charge >= 0.3 is 0 Å². The van der Waals surface area contributed by atoms with Gasteiger partial charge in [0, 0.05) is 11.6 Å². The van der Waals surface area contributed by atoms with E-state index >= 15 is 0 Å². The van der Waals surface area contributed by atoms with Gasteiger partial charge in [0.05, 0.1) is 5.54 Å². The lowest BCUT2D eigenvalue weighted by Crippen LogP contribution is -2.58. The maximum atomic E-state index is 6.10. The van der Waals surface area contributed by atoms with Crippen LogP contribution in [-0.4, -0.2) is 13.1 Å². The fourth-order valence-corrected chi connectivity index (χ4v) is 2.11. The summed E-state index contributed by atoms with van der Waals surface area (Å²) in [6, 6.07) is 7.89. The zero-order valence-electron chi connectivity index (χ0n) is 7.39. The molecule has 1 heterocycles. The lowest BCUT2D eigenvalue weighted by atomic mass is 9.81. The van der Waals surface area contributed by atoms with Gasteiger partial charge in [0.25, 0.3) is 0 Å². The highest BCUT2D eigenvalue weighted by Gasteiger charge is 2.37. The van der Waals surface area contributed by atoms with Crippen LogP contribution in [0.25, 0.3) is 0 Å². The SMILES string of the molecule is NCC1(c2ccccc2Cl)CCN1. The molecule has 0 aromatic heterocycles. The number of hydrogen-bond acceptors (Lipinski definition) is 2. The largest absolute Gasteiger partial charge is 0.328 e. The number of nitrogens with one attached hydrogen (secondary N) is 1. The third-order valence-corrected chi connectivity index (χ3v) is 3.08. The minimum atomic E-state index is -0.0572. The van der Waals surface area contributed by atoms with Crippen LogP contribution >= 0.6 is 11.6 Å². The van der Waals surface area contributed by atoms with Crippen molar-refractivity contribution >= 4 is 11.6 Å². The Bertz CT molecular complexity index is 302. The third-order valence-electron chi connectivity index (χ3n) is 2.75. The summed E-state index contributed by atoms with van der Waals surface area (Å²) >= 11 is 6.10. The van der Waals surface area contributed by atoms with Gasteiger partial charge in [0.15, 0.2) is 0 Å². The van der Waals surface area contributed by atoms with Crippen LogP contribution in [-0.2, 0) is 5.54 Å². The van der Waals surface area contributed by atoms with Crippen molar-refractivity contribution < 1.29 is 0 Å². The standard InChI is InChI=1S/C10H13ClN2/c11-9-4-2-1-3-8(9)10(7-12)5-6-13-10/h1-4,13H,5-7,12H2. The second kappa shape index (κ2) is 3.29. The molecule has 1 unspecified atom stereocenters. The summed E-state index contributed by atoms with van der Waals surface area (Å²) in [5, 5.41) is 4.16. The summed E-state index contributed by atoms with van der Waals surface area (Å²) < 4.78 is 0. The van der Waals surface area contributed by atoms with Crippen molar-refractivity contribution in [2.75, 3.05) is 13.1 Å². The first kappa shape index (κ1) is 9.00. The van der Waals surface area contributed by atoms with Crippen LogP contribution in [0.1, 0.15) is 12.0 Å². The Morgan fingerprint density at radius 2 is 2.15 bits per heavy atom. The van der Waals surface area contributed by atoms with E-state index in [0.717, 1.165) is 23.6 Å². The van der Waals surface area contributed by atoms with Gasteiger partial charge in [-0.3, -0.25) is 0 Å². The van der Waals surface area contributed by atoms with Crippen molar-refractivity contribution in [2.24, 2.45) is 5.73 Å². The summed E-state index contributed by atoms with van der Waals surface area (Å²) in [6.45, 7) is 1.64. The van der Waals surface area contributed by atoms with Gasteiger partial charge in [-0.05, 0) is 24.6 Å². The molecule has 13 heavy (non-hydrogen) atoms. The Labute approximate surface area is 83.1 Å². The van der Waals surface area contributed by atoms with Crippen molar-refractivity contribution in [3.63, 3.8) is 0 Å². The molecule has 0 saturated carbocycles. The molecule has 0 aliphatic carbocycles. The lowest BCUT2D eigenvalue weighted by Gasteiger charge is -2.43. The van der Waals surface area contributed by atoms with Gasteiger partial charge in [-0.15, -0.1) is 0 Å². The van der Waals surface area contributed by atoms with E-state index in [4.69, 9.17) is 17.3 Å². The van der Waals surface area contributed by atoms with E-state index < -0.39 is 0 Å². The molecule has 0 amide bonds. The molecule has 2 rings (SSSR count). The van der Waals surface area contributed by atoms with Crippen LogP contribution in [0.15, 0.2) is 24.3 Å². The number of rotatable bonds is 2. The lowest BCUT2D eigenvalue weighted by molar-refractivity contribution is 0.219. The molecule has 1 fully saturated rings. The monoisotopic (exact) mass is 196 g/mol. The van der Waals surface area contributed by atoms with E-state index in [1.165, 1.54) is 0 Å². The Hall–Kier alpha value is -0.570. The van der Waals surface area contributed by atoms with E-state index in [0.29, 0.717) is 6.54 Å². The van der Waals surface area contributed by atoms with Gasteiger partial charge in [-0.1, -0.05) is 29.8 Å². The number of halogens is 1. The minimum Gasteiger partial charge on any atom is -0.328 e. The summed E-state index contributed by atoms with van der Waals surface area (Å²) in [4.78, 5) is 0. The smallest absolute Gasteiger partial charge is 0.0585 e. The molecule has 1 saturated heterocycles. The normalized spacial score (nSPS) is 26.9. The van der Waals surface area contributed by atoms with Crippen LogP contribution in [0.2, 0.25) is 5.02 Å². The average Bonchev–Trinajstić information content (AvgIpc) is 2.07. The predicted molar refractivity (Wildman–Crippen MR) is 54.8 cm³/mol. The van der Waals surface area contributed by atoms with Gasteiger partial charge < -0.3 is 11.1 Å². The van der Waals surface area contributed by atoms with E-state index in [1.807, 2.05) is 24.3 Å². The summed E-state index contributed by atoms with van der Waals surface area (Å²) in [7, 11) is 0. The summed E-state index contributed by atoms with van der Waals surface area (Å²) in [5.41, 5.74) is 6.82. The fourth-order valence-electron chi connectivity index (χ4n) is 1.79. The van der Waals surface area contributed by atoms with E-state index in [9.17, 15) is 0 Å². The molecule has 70 valence electrons. The number of benzene rings is 1. The van der Waals surface area contributed by atoms with Gasteiger partial charge in [0.1, 0.15) is 0 Å². The van der Waals surface area contributed by atoms with Gasteiger partial charge in [0.2, 0.25) is 0 Å². The van der Waals surface area contributed by atoms with Crippen LogP contribution in [0.3, 0.4) is 0 Å². The quantitative estimate of drug-likeness (QED) is 0.752. The van der Waals surface area contributed by atoms with Crippen molar-refractivity contribution in [1.82, 2.24) is 5.32 Å². The van der Waals surface area contributed by atoms with E-state index in [1.54, 1.807) is 0 Å². The van der Waals surface area contributed by atoms with Crippen molar-refractivity contribution in [3.8, 4) is 0 Å². The molecule has 0 bridgehead atoms. The summed E-state index contributed by atoms with van der Waals surface area (Å²) in [6.07, 6.45) is 1.08. The predicted octanol–water partition coefficient (Wildman–Crippen LogP) is 1.49. The minimum absolute atomic E-state index is 0.0572. The molecule has 1 aliphatic heterocycles. The third kappa shape index (κ3) is 1.35. The van der Waals surface area contributed by atoms with E-state index in [2.05, 4.69) is 5.32 Å². The molecule has 1 aliphatic rings. The topological polar surface area (TPSA) is 38.0 Å². The Morgan fingerprint density at radius 1 is 1.46 bits per heavy atom. The van der Waals surface area contributed by atoms with Crippen LogP contribution in [0.4, 0.5) is 0 Å². The van der Waals surface area contributed by atoms with Gasteiger partial charge in [-0.2, -0.15) is 0 Å². The molecular formula is C10H13ClN2. The zero-order valence-corrected chi connectivity index (χ0v) is 8.14. The second-order valence-electron chi connectivity index (χ2n) is 3.44. The first-order valence-corrected chi connectivity index (χ1v) is 4.86. The molecule has 1 atom stereocenters. The Kier molecular flexibility index (Phi) is 2.28. The van der Waals surface area contributed by atoms with Crippen molar-refractivity contribution in [1.29, 1.82) is 0 Å². The Balaban J connectivity index is 2.38. The Morgan fingerprint density at radius 3 is 2.62 bits per heavy atom. The molecule has 0 spiro atoms. The van der Waals surface area contributed by atoms with Crippen LogP contribution in [0, 0.1) is 0 Å². The molecule has 3 N–H and O–H groups in total. The first-order chi connectivity index (χ1) is 6.28. The molecule has 3 heteroatoms. The molecular weight excluding hydrogens is 184 g/mol. The number of nitrogens with two attached hydrogens (primary N) is 1. The van der Waals surface area contributed by atoms with Crippen LogP contribution < -0.4 is 11.1 Å². The van der Waals surface area contributed by atoms with E-state index in [-0.39, 0.29) is 5.54 Å². The molecule has 2 nitrogen and oxygen atoms in total. The average molecular weight is 197 g/mol. The maximum absolute atomic E-state index is 6.10. The molecule has 0 radical (unpaired) electrons. The molecule has 1 aromatic carbocycles. The van der Waals surface area contributed by atoms with Crippen molar-refractivity contribution in [3.05, 3.63) is 34.9 Å². The zero-order chi connectivity index (χ0) is 9.31. The van der Waals surface area contributed by atoms with Crippen LogP contribution in [0.5, 0.6) is 0 Å². The molecule has 1 aromatic rings. The van der Waals surface area contributed by atoms with Gasteiger partial charge in [-0.25, -0.2) is 0 Å². The second-order valence-corrected chi connectivity index (χ2v) is 3.85. The highest BCUT2D eigenvalue weighted by molar-refractivity contribution is 6.31. The number of hydrogen-bond donors (Lipinski definition) is 2. The highest BCUT2D eigenvalue weighted by atomic mass is 35.5. The summed E-state index contributed by atoms with van der Waals surface area (Å²) in [5.74, 6) is 0. The fraction of sp³-hybridized carbons (Fsp3) is 0.400. The van der Waals surface area contributed by atoms with Crippen molar-refractivity contribution in [2.45, 2.75) is 12.0 Å². The first-order valence-electron chi connectivity index (χ1n) is 4.49. The highest BCUT2D eigenvalue weighted by Crippen LogP contribution is 2.34. The maximum Gasteiger partial charge on any atom is 0.0585 e.